The van der Waals surface area contributed by atoms with Gasteiger partial charge in [-0.25, -0.2) is 0 Å². The minimum atomic E-state index is 0.646. The van der Waals surface area contributed by atoms with Crippen molar-refractivity contribution in [3.63, 3.8) is 0 Å². The van der Waals surface area contributed by atoms with Crippen molar-refractivity contribution in [2.24, 2.45) is 0 Å². The summed E-state index contributed by atoms with van der Waals surface area (Å²) in [7, 11) is 2.19. The van der Waals surface area contributed by atoms with Crippen molar-refractivity contribution in [2.45, 2.75) is 50.4 Å². The Kier molecular flexibility index (Phi) is 3.31. The van der Waals surface area contributed by atoms with Crippen molar-refractivity contribution < 1.29 is 8.94 Å². The van der Waals surface area contributed by atoms with Crippen LogP contribution in [0.15, 0.2) is 33.4 Å². The zero-order chi connectivity index (χ0) is 14.2. The molecule has 21 heavy (non-hydrogen) atoms. The first-order valence-corrected chi connectivity index (χ1v) is 7.73. The Labute approximate surface area is 124 Å². The fourth-order valence-corrected chi connectivity index (χ4v) is 3.69. The highest BCUT2D eigenvalue weighted by atomic mass is 16.5. The van der Waals surface area contributed by atoms with Gasteiger partial charge in [-0.2, -0.15) is 0 Å². The zero-order valence-electron chi connectivity index (χ0n) is 12.3. The lowest BCUT2D eigenvalue weighted by Crippen LogP contribution is -2.46. The highest BCUT2D eigenvalue weighted by Gasteiger charge is 2.35. The Bertz CT molecular complexity index is 580. The topological polar surface area (TPSA) is 54.4 Å². The van der Waals surface area contributed by atoms with Gasteiger partial charge in [0.15, 0.2) is 5.76 Å². The van der Waals surface area contributed by atoms with E-state index in [0.717, 1.165) is 18.0 Å². The Balaban J connectivity index is 1.41. The van der Waals surface area contributed by atoms with Crippen LogP contribution in [0.25, 0.3) is 11.5 Å². The summed E-state index contributed by atoms with van der Waals surface area (Å²) < 4.78 is 10.7. The smallest absolute Gasteiger partial charge is 0.202 e. The van der Waals surface area contributed by atoms with Crippen LogP contribution in [0.2, 0.25) is 0 Å². The second-order valence-electron chi connectivity index (χ2n) is 6.34. The van der Waals surface area contributed by atoms with E-state index in [2.05, 4.69) is 22.4 Å². The van der Waals surface area contributed by atoms with E-state index in [1.165, 1.54) is 25.7 Å². The van der Waals surface area contributed by atoms with Gasteiger partial charge in [0.05, 0.1) is 12.0 Å². The number of rotatable bonds is 4. The molecule has 2 aliphatic heterocycles. The Hall–Kier alpha value is -1.59. The number of fused-ring (bicyclic) bond motifs is 2. The number of nitrogens with zero attached hydrogens (tertiary/aromatic N) is 2. The summed E-state index contributed by atoms with van der Waals surface area (Å²) in [5, 5.41) is 7.86. The predicted octanol–water partition coefficient (Wildman–Crippen LogP) is 2.65. The lowest BCUT2D eigenvalue weighted by molar-refractivity contribution is 0.162. The van der Waals surface area contributed by atoms with Crippen molar-refractivity contribution >= 4 is 0 Å². The summed E-state index contributed by atoms with van der Waals surface area (Å²) in [4.78, 5) is 2.41. The van der Waals surface area contributed by atoms with Gasteiger partial charge in [-0.05, 0) is 44.9 Å². The van der Waals surface area contributed by atoms with Crippen LogP contribution < -0.4 is 5.32 Å². The summed E-state index contributed by atoms with van der Waals surface area (Å²) in [6.45, 7) is 0.828. The Morgan fingerprint density at radius 3 is 2.81 bits per heavy atom. The van der Waals surface area contributed by atoms with Crippen LogP contribution in [-0.2, 0) is 6.54 Å². The van der Waals surface area contributed by atoms with Gasteiger partial charge in [-0.15, -0.1) is 0 Å². The molecule has 112 valence electrons. The van der Waals surface area contributed by atoms with E-state index in [1.54, 1.807) is 6.26 Å². The largest absolute Gasteiger partial charge is 0.461 e. The van der Waals surface area contributed by atoms with Gasteiger partial charge >= 0.3 is 0 Å². The first-order valence-electron chi connectivity index (χ1n) is 7.73. The molecule has 2 aromatic heterocycles. The van der Waals surface area contributed by atoms with Crippen LogP contribution in [0.3, 0.4) is 0 Å². The molecular weight excluding hydrogens is 266 g/mol. The molecule has 5 heteroatoms. The number of aromatic nitrogens is 1. The van der Waals surface area contributed by atoms with Gasteiger partial charge in [0.25, 0.3) is 0 Å². The molecule has 0 aromatic carbocycles. The molecule has 0 radical (unpaired) electrons. The van der Waals surface area contributed by atoms with Crippen LogP contribution in [0.5, 0.6) is 0 Å². The lowest BCUT2D eigenvalue weighted by Gasteiger charge is -2.35. The standard InChI is InChI=1S/C16H21N3O2/c1-19(14-7-11-4-5-12(8-14)17-11)10-13-9-16(21-18-13)15-3-2-6-20-15/h2-3,6,9,11-12,14,17H,4-5,7-8,10H2,1H3. The van der Waals surface area contributed by atoms with Crippen molar-refractivity contribution in [1.29, 1.82) is 0 Å². The van der Waals surface area contributed by atoms with Gasteiger partial charge < -0.3 is 14.3 Å². The zero-order valence-corrected chi connectivity index (χ0v) is 12.3. The normalized spacial score (nSPS) is 28.4. The van der Waals surface area contributed by atoms with Crippen molar-refractivity contribution in [2.75, 3.05) is 7.05 Å². The maximum atomic E-state index is 5.37. The van der Waals surface area contributed by atoms with Crippen LogP contribution >= 0.6 is 0 Å². The molecule has 0 spiro atoms. The number of hydrogen-bond acceptors (Lipinski definition) is 5. The average molecular weight is 287 g/mol. The molecule has 0 aliphatic carbocycles. The summed E-state index contributed by atoms with van der Waals surface area (Å²) in [6.07, 6.45) is 6.81. The summed E-state index contributed by atoms with van der Waals surface area (Å²) in [6, 6.07) is 7.80. The molecule has 2 atom stereocenters. The minimum absolute atomic E-state index is 0.646. The van der Waals surface area contributed by atoms with Gasteiger partial charge in [-0.3, -0.25) is 4.90 Å². The molecule has 0 amide bonds. The molecule has 2 unspecified atom stereocenters. The van der Waals surface area contributed by atoms with E-state index in [4.69, 9.17) is 8.94 Å². The van der Waals surface area contributed by atoms with E-state index >= 15 is 0 Å². The second kappa shape index (κ2) is 5.31. The molecule has 2 fully saturated rings. The first-order chi connectivity index (χ1) is 10.3. The maximum Gasteiger partial charge on any atom is 0.202 e. The van der Waals surface area contributed by atoms with E-state index in [-0.39, 0.29) is 0 Å². The van der Waals surface area contributed by atoms with E-state index in [0.29, 0.717) is 23.9 Å². The highest BCUT2D eigenvalue weighted by Crippen LogP contribution is 2.30. The molecule has 5 nitrogen and oxygen atoms in total. The van der Waals surface area contributed by atoms with Crippen molar-refractivity contribution in [3.8, 4) is 11.5 Å². The van der Waals surface area contributed by atoms with Crippen molar-refractivity contribution in [3.05, 3.63) is 30.2 Å². The third kappa shape index (κ3) is 2.63. The molecule has 4 rings (SSSR count). The SMILES string of the molecule is CN(Cc1cc(-c2ccco2)on1)C1CC2CCC(C1)N2. The quantitative estimate of drug-likeness (QED) is 0.937. The average Bonchev–Trinajstić information content (AvgIpc) is 3.20. The molecule has 4 heterocycles. The third-order valence-electron chi connectivity index (χ3n) is 4.81. The number of piperidine rings is 1. The van der Waals surface area contributed by atoms with E-state index in [9.17, 15) is 0 Å². The van der Waals surface area contributed by atoms with E-state index in [1.807, 2.05) is 18.2 Å². The van der Waals surface area contributed by atoms with Gasteiger partial charge in [0.1, 0.15) is 0 Å². The lowest BCUT2D eigenvalue weighted by atomic mass is 9.98. The van der Waals surface area contributed by atoms with Crippen LogP contribution in [0, 0.1) is 0 Å². The number of furan rings is 1. The van der Waals surface area contributed by atoms with Crippen LogP contribution in [0.4, 0.5) is 0 Å². The monoisotopic (exact) mass is 287 g/mol. The number of nitrogens with one attached hydrogen (secondary N) is 1. The Morgan fingerprint density at radius 2 is 2.10 bits per heavy atom. The third-order valence-corrected chi connectivity index (χ3v) is 4.81. The molecule has 2 bridgehead atoms. The van der Waals surface area contributed by atoms with E-state index < -0.39 is 0 Å². The fourth-order valence-electron chi connectivity index (χ4n) is 3.69. The summed E-state index contributed by atoms with van der Waals surface area (Å²) in [5.74, 6) is 1.44. The molecule has 0 saturated carbocycles. The predicted molar refractivity (Wildman–Crippen MR) is 78.6 cm³/mol. The van der Waals surface area contributed by atoms with Crippen molar-refractivity contribution in [1.82, 2.24) is 15.4 Å². The number of hydrogen-bond donors (Lipinski definition) is 1. The fraction of sp³-hybridized carbons (Fsp3) is 0.562. The molecule has 2 aromatic rings. The minimum Gasteiger partial charge on any atom is -0.461 e. The Morgan fingerprint density at radius 1 is 1.29 bits per heavy atom. The molecule has 2 saturated heterocycles. The van der Waals surface area contributed by atoms with Gasteiger partial charge in [-0.1, -0.05) is 5.16 Å². The van der Waals surface area contributed by atoms with Gasteiger partial charge in [0.2, 0.25) is 5.76 Å². The molecular formula is C16H21N3O2. The highest BCUT2D eigenvalue weighted by molar-refractivity contribution is 5.49. The molecule has 1 N–H and O–H groups in total. The summed E-state index contributed by atoms with van der Waals surface area (Å²) in [5.41, 5.74) is 0.967. The van der Waals surface area contributed by atoms with Crippen LogP contribution in [-0.4, -0.2) is 35.2 Å². The second-order valence-corrected chi connectivity index (χ2v) is 6.34. The van der Waals surface area contributed by atoms with Crippen LogP contribution in [0.1, 0.15) is 31.4 Å². The molecule has 2 aliphatic rings. The maximum absolute atomic E-state index is 5.37. The first kappa shape index (κ1) is 13.1. The summed E-state index contributed by atoms with van der Waals surface area (Å²) >= 11 is 0. The van der Waals surface area contributed by atoms with Gasteiger partial charge in [0, 0.05) is 30.7 Å².